The Labute approximate surface area is 90.6 Å². The van der Waals surface area contributed by atoms with Gasteiger partial charge < -0.3 is 0 Å². The van der Waals surface area contributed by atoms with Crippen LogP contribution >= 0.6 is 31.9 Å². The van der Waals surface area contributed by atoms with Crippen LogP contribution in [0.25, 0.3) is 0 Å². The van der Waals surface area contributed by atoms with Crippen LogP contribution in [0.1, 0.15) is 11.1 Å². The Bertz CT molecular complexity index is 208. The number of rotatable bonds is 4. The van der Waals surface area contributed by atoms with Crippen molar-refractivity contribution in [3.05, 3.63) is 35.4 Å². The highest BCUT2D eigenvalue weighted by molar-refractivity contribution is 9.09. The van der Waals surface area contributed by atoms with E-state index in [1.54, 1.807) is 0 Å². The average molecular weight is 292 g/mol. The summed E-state index contributed by atoms with van der Waals surface area (Å²) in [5.74, 6) is 0. The van der Waals surface area contributed by atoms with Crippen LogP contribution < -0.4 is 0 Å². The van der Waals surface area contributed by atoms with Gasteiger partial charge in [0.25, 0.3) is 0 Å². The minimum atomic E-state index is 1.05. The predicted molar refractivity (Wildman–Crippen MR) is 61.4 cm³/mol. The molecule has 0 radical (unpaired) electrons. The van der Waals surface area contributed by atoms with Crippen LogP contribution in [0.15, 0.2) is 24.3 Å². The van der Waals surface area contributed by atoms with Gasteiger partial charge in [-0.05, 0) is 24.0 Å². The first-order valence-corrected chi connectivity index (χ1v) is 6.31. The van der Waals surface area contributed by atoms with Gasteiger partial charge in [0.2, 0.25) is 0 Å². The monoisotopic (exact) mass is 290 g/mol. The van der Waals surface area contributed by atoms with Crippen molar-refractivity contribution in [1.82, 2.24) is 0 Å². The van der Waals surface area contributed by atoms with Gasteiger partial charge in [0.1, 0.15) is 0 Å². The number of alkyl halides is 2. The first-order chi connectivity index (χ1) is 5.88. The van der Waals surface area contributed by atoms with Crippen molar-refractivity contribution >= 4 is 31.9 Å². The van der Waals surface area contributed by atoms with Crippen LogP contribution in [0.4, 0.5) is 0 Å². The van der Waals surface area contributed by atoms with Crippen molar-refractivity contribution in [2.45, 2.75) is 12.8 Å². The molecule has 0 nitrogen and oxygen atoms in total. The molecule has 0 spiro atoms. The lowest BCUT2D eigenvalue weighted by Crippen LogP contribution is -1.95. The lowest BCUT2D eigenvalue weighted by Gasteiger charge is -2.05. The Balaban J connectivity index is 2.77. The molecule has 2 heteroatoms. The first kappa shape index (κ1) is 10.3. The van der Waals surface area contributed by atoms with Crippen molar-refractivity contribution in [3.63, 3.8) is 0 Å². The van der Waals surface area contributed by atoms with E-state index in [0.717, 1.165) is 23.5 Å². The third-order valence-electron chi connectivity index (χ3n) is 1.85. The Morgan fingerprint density at radius 1 is 0.833 bits per heavy atom. The molecule has 12 heavy (non-hydrogen) atoms. The molecule has 0 N–H and O–H groups in total. The molecule has 1 aromatic rings. The normalized spacial score (nSPS) is 10.2. The molecule has 0 aliphatic rings. The second-order valence-electron chi connectivity index (χ2n) is 2.65. The molecule has 0 fully saturated rings. The fourth-order valence-electron chi connectivity index (χ4n) is 1.25. The van der Waals surface area contributed by atoms with Gasteiger partial charge in [-0.3, -0.25) is 0 Å². The maximum Gasteiger partial charge on any atom is 0.00719 e. The molecule has 0 amide bonds. The third kappa shape index (κ3) is 2.91. The quantitative estimate of drug-likeness (QED) is 0.744. The largest absolute Gasteiger partial charge is 0.0924 e. The molecule has 0 saturated heterocycles. The number of hydrogen-bond donors (Lipinski definition) is 0. The summed E-state index contributed by atoms with van der Waals surface area (Å²) >= 11 is 6.92. The summed E-state index contributed by atoms with van der Waals surface area (Å²) in [6.45, 7) is 0. The molecule has 1 aromatic carbocycles. The van der Waals surface area contributed by atoms with Gasteiger partial charge >= 0.3 is 0 Å². The maximum atomic E-state index is 3.46. The van der Waals surface area contributed by atoms with Gasteiger partial charge in [-0.2, -0.15) is 0 Å². The minimum Gasteiger partial charge on any atom is -0.0924 e. The molecule has 0 heterocycles. The Hall–Kier alpha value is 0.180. The minimum absolute atomic E-state index is 1.05. The van der Waals surface area contributed by atoms with Gasteiger partial charge in [-0.15, -0.1) is 0 Å². The Morgan fingerprint density at radius 2 is 1.25 bits per heavy atom. The number of aryl methyl sites for hydroxylation is 2. The SMILES string of the molecule is BrCCc1ccccc1CCBr. The zero-order valence-electron chi connectivity index (χ0n) is 6.89. The summed E-state index contributed by atoms with van der Waals surface area (Å²) in [6.07, 6.45) is 2.26. The smallest absolute Gasteiger partial charge is 0.00719 e. The third-order valence-corrected chi connectivity index (χ3v) is 2.64. The molecule has 66 valence electrons. The predicted octanol–water partition coefficient (Wildman–Crippen LogP) is 3.56. The van der Waals surface area contributed by atoms with E-state index in [0.29, 0.717) is 0 Å². The van der Waals surface area contributed by atoms with Crippen LogP contribution in [-0.4, -0.2) is 10.7 Å². The van der Waals surface area contributed by atoms with Crippen LogP contribution in [0.2, 0.25) is 0 Å². The van der Waals surface area contributed by atoms with E-state index >= 15 is 0 Å². The summed E-state index contributed by atoms with van der Waals surface area (Å²) in [5, 5.41) is 2.10. The molecule has 0 aliphatic heterocycles. The second kappa shape index (κ2) is 5.76. The zero-order valence-corrected chi connectivity index (χ0v) is 10.1. The van der Waals surface area contributed by atoms with Gasteiger partial charge in [0, 0.05) is 10.7 Å². The number of benzene rings is 1. The van der Waals surface area contributed by atoms with Crippen molar-refractivity contribution in [1.29, 1.82) is 0 Å². The zero-order chi connectivity index (χ0) is 8.81. The fraction of sp³-hybridized carbons (Fsp3) is 0.400. The van der Waals surface area contributed by atoms with Crippen LogP contribution in [0.3, 0.4) is 0 Å². The second-order valence-corrected chi connectivity index (χ2v) is 4.23. The van der Waals surface area contributed by atoms with Crippen molar-refractivity contribution in [2.75, 3.05) is 10.7 Å². The van der Waals surface area contributed by atoms with Gasteiger partial charge in [-0.1, -0.05) is 56.1 Å². The van der Waals surface area contributed by atoms with E-state index in [1.165, 1.54) is 11.1 Å². The first-order valence-electron chi connectivity index (χ1n) is 4.07. The summed E-state index contributed by atoms with van der Waals surface area (Å²) in [7, 11) is 0. The topological polar surface area (TPSA) is 0 Å². The van der Waals surface area contributed by atoms with E-state index in [2.05, 4.69) is 56.1 Å². The lowest BCUT2D eigenvalue weighted by atomic mass is 10.0. The summed E-state index contributed by atoms with van der Waals surface area (Å²) in [6, 6.07) is 8.63. The molecule has 0 aromatic heterocycles. The molecule has 0 saturated carbocycles. The molecule has 0 atom stereocenters. The molecule has 0 unspecified atom stereocenters. The lowest BCUT2D eigenvalue weighted by molar-refractivity contribution is 1.06. The van der Waals surface area contributed by atoms with Crippen molar-refractivity contribution in [2.24, 2.45) is 0 Å². The van der Waals surface area contributed by atoms with Crippen LogP contribution in [0.5, 0.6) is 0 Å². The van der Waals surface area contributed by atoms with E-state index in [-0.39, 0.29) is 0 Å². The summed E-state index contributed by atoms with van der Waals surface area (Å²) in [4.78, 5) is 0. The molecular formula is C10H12Br2. The summed E-state index contributed by atoms with van der Waals surface area (Å²) in [5.41, 5.74) is 2.93. The van der Waals surface area contributed by atoms with Gasteiger partial charge in [0.15, 0.2) is 0 Å². The van der Waals surface area contributed by atoms with Crippen molar-refractivity contribution < 1.29 is 0 Å². The van der Waals surface area contributed by atoms with Crippen molar-refractivity contribution in [3.8, 4) is 0 Å². The summed E-state index contributed by atoms with van der Waals surface area (Å²) < 4.78 is 0. The van der Waals surface area contributed by atoms with Crippen LogP contribution in [-0.2, 0) is 12.8 Å². The van der Waals surface area contributed by atoms with Gasteiger partial charge in [-0.25, -0.2) is 0 Å². The molecular weight excluding hydrogens is 280 g/mol. The average Bonchev–Trinajstić information content (AvgIpc) is 2.09. The number of halogens is 2. The highest BCUT2D eigenvalue weighted by atomic mass is 79.9. The highest BCUT2D eigenvalue weighted by Gasteiger charge is 1.98. The van der Waals surface area contributed by atoms with Gasteiger partial charge in [0.05, 0.1) is 0 Å². The van der Waals surface area contributed by atoms with E-state index in [1.807, 2.05) is 0 Å². The number of hydrogen-bond acceptors (Lipinski definition) is 0. The fourth-order valence-corrected chi connectivity index (χ4v) is 2.10. The molecule has 1 rings (SSSR count). The molecule has 0 bridgehead atoms. The van der Waals surface area contributed by atoms with E-state index in [9.17, 15) is 0 Å². The van der Waals surface area contributed by atoms with Crippen LogP contribution in [0, 0.1) is 0 Å². The van der Waals surface area contributed by atoms with E-state index < -0.39 is 0 Å². The standard InChI is InChI=1S/C10H12Br2/c11-7-5-9-3-1-2-4-10(9)6-8-12/h1-4H,5-8H2. The Morgan fingerprint density at radius 3 is 1.58 bits per heavy atom. The Kier molecular flexibility index (Phi) is 4.93. The maximum absolute atomic E-state index is 3.46. The highest BCUT2D eigenvalue weighted by Crippen LogP contribution is 2.12. The molecule has 0 aliphatic carbocycles. The van der Waals surface area contributed by atoms with E-state index in [4.69, 9.17) is 0 Å².